The molecular weight excluding hydrogens is 222 g/mol. The van der Waals surface area contributed by atoms with Crippen molar-refractivity contribution >= 4 is 6.16 Å². The van der Waals surface area contributed by atoms with Crippen LogP contribution >= 0.6 is 0 Å². The second-order valence-corrected chi connectivity index (χ2v) is 3.08. The molecule has 1 heterocycles. The summed E-state index contributed by atoms with van der Waals surface area (Å²) in [6, 6.07) is 11.7. The monoisotopic (exact) mass is 231 g/mol. The van der Waals surface area contributed by atoms with Crippen molar-refractivity contribution in [3.8, 4) is 17.4 Å². The van der Waals surface area contributed by atoms with Crippen LogP contribution in [0.4, 0.5) is 4.79 Å². The molecule has 5 heteroatoms. The zero-order chi connectivity index (χ0) is 12.1. The van der Waals surface area contributed by atoms with Crippen LogP contribution in [0, 0.1) is 0 Å². The SMILES string of the molecule is O=C(O)Oc1ccccc1Oc1ccccn1. The minimum atomic E-state index is -1.39. The number of carboxylic acid groups (broad SMARTS) is 1. The fraction of sp³-hybridized carbons (Fsp3) is 0. The van der Waals surface area contributed by atoms with Gasteiger partial charge < -0.3 is 14.6 Å². The van der Waals surface area contributed by atoms with Crippen LogP contribution in [0.25, 0.3) is 0 Å². The molecule has 17 heavy (non-hydrogen) atoms. The van der Waals surface area contributed by atoms with Crippen molar-refractivity contribution in [2.24, 2.45) is 0 Å². The summed E-state index contributed by atoms with van der Waals surface area (Å²) < 4.78 is 9.99. The van der Waals surface area contributed by atoms with Crippen LogP contribution in [0.3, 0.4) is 0 Å². The summed E-state index contributed by atoms with van der Waals surface area (Å²) in [5, 5.41) is 8.56. The van der Waals surface area contributed by atoms with Crippen molar-refractivity contribution in [2.45, 2.75) is 0 Å². The van der Waals surface area contributed by atoms with Gasteiger partial charge in [-0.2, -0.15) is 0 Å². The zero-order valence-electron chi connectivity index (χ0n) is 8.74. The summed E-state index contributed by atoms with van der Waals surface area (Å²) in [5.41, 5.74) is 0. The first-order valence-electron chi connectivity index (χ1n) is 4.84. The molecule has 1 aromatic carbocycles. The van der Waals surface area contributed by atoms with Gasteiger partial charge in [0.05, 0.1) is 0 Å². The molecule has 1 aromatic heterocycles. The predicted molar refractivity (Wildman–Crippen MR) is 59.4 cm³/mol. The van der Waals surface area contributed by atoms with Gasteiger partial charge in [-0.25, -0.2) is 9.78 Å². The van der Waals surface area contributed by atoms with E-state index in [9.17, 15) is 4.79 Å². The molecule has 0 aliphatic rings. The molecule has 1 N–H and O–H groups in total. The van der Waals surface area contributed by atoms with Gasteiger partial charge in [0, 0.05) is 12.3 Å². The smallest absolute Gasteiger partial charge is 0.449 e. The Kier molecular flexibility index (Phi) is 3.20. The van der Waals surface area contributed by atoms with E-state index in [1.165, 1.54) is 6.07 Å². The van der Waals surface area contributed by atoms with Crippen molar-refractivity contribution in [3.05, 3.63) is 48.7 Å². The summed E-state index contributed by atoms with van der Waals surface area (Å²) in [4.78, 5) is 14.4. The molecule has 2 rings (SSSR count). The fourth-order valence-electron chi connectivity index (χ4n) is 1.23. The Morgan fingerprint density at radius 1 is 1.06 bits per heavy atom. The van der Waals surface area contributed by atoms with Crippen LogP contribution in [0.5, 0.6) is 17.4 Å². The zero-order valence-corrected chi connectivity index (χ0v) is 8.74. The number of hydrogen-bond donors (Lipinski definition) is 1. The number of benzene rings is 1. The maximum absolute atomic E-state index is 10.5. The molecule has 0 radical (unpaired) electrons. The van der Waals surface area contributed by atoms with Gasteiger partial charge in [-0.1, -0.05) is 18.2 Å². The van der Waals surface area contributed by atoms with Gasteiger partial charge in [-0.05, 0) is 18.2 Å². The molecule has 0 saturated heterocycles. The van der Waals surface area contributed by atoms with Crippen molar-refractivity contribution in [1.29, 1.82) is 0 Å². The molecule has 0 saturated carbocycles. The van der Waals surface area contributed by atoms with Gasteiger partial charge in [0.1, 0.15) is 0 Å². The summed E-state index contributed by atoms with van der Waals surface area (Å²) in [6.45, 7) is 0. The van der Waals surface area contributed by atoms with Crippen molar-refractivity contribution < 1.29 is 19.4 Å². The van der Waals surface area contributed by atoms with Crippen LogP contribution in [-0.2, 0) is 0 Å². The Balaban J connectivity index is 2.23. The molecule has 0 aliphatic heterocycles. The number of aromatic nitrogens is 1. The molecule has 0 amide bonds. The lowest BCUT2D eigenvalue weighted by atomic mass is 10.3. The highest BCUT2D eigenvalue weighted by molar-refractivity contribution is 5.63. The second-order valence-electron chi connectivity index (χ2n) is 3.08. The predicted octanol–water partition coefficient (Wildman–Crippen LogP) is 2.93. The van der Waals surface area contributed by atoms with Crippen molar-refractivity contribution in [1.82, 2.24) is 4.98 Å². The number of carbonyl (C=O) groups is 1. The molecule has 86 valence electrons. The summed E-state index contributed by atoms with van der Waals surface area (Å²) in [6.07, 6.45) is 0.192. The van der Waals surface area contributed by atoms with E-state index in [1.807, 2.05) is 0 Å². The molecule has 0 spiro atoms. The van der Waals surface area contributed by atoms with Crippen LogP contribution in [0.15, 0.2) is 48.7 Å². The molecule has 2 aromatic rings. The quantitative estimate of drug-likeness (QED) is 0.649. The van der Waals surface area contributed by atoms with E-state index in [-0.39, 0.29) is 5.75 Å². The largest absolute Gasteiger partial charge is 0.511 e. The van der Waals surface area contributed by atoms with Gasteiger partial charge in [0.2, 0.25) is 5.88 Å². The first-order chi connectivity index (χ1) is 8.25. The molecule has 0 unspecified atom stereocenters. The molecule has 0 fully saturated rings. The van der Waals surface area contributed by atoms with Crippen molar-refractivity contribution in [3.63, 3.8) is 0 Å². The maximum Gasteiger partial charge on any atom is 0.511 e. The topological polar surface area (TPSA) is 68.7 Å². The van der Waals surface area contributed by atoms with Crippen LogP contribution in [0.2, 0.25) is 0 Å². The third kappa shape index (κ3) is 2.94. The number of hydrogen-bond acceptors (Lipinski definition) is 4. The van der Waals surface area contributed by atoms with E-state index in [4.69, 9.17) is 9.84 Å². The number of nitrogens with zero attached hydrogens (tertiary/aromatic N) is 1. The highest BCUT2D eigenvalue weighted by Gasteiger charge is 2.09. The third-order valence-electron chi connectivity index (χ3n) is 1.90. The van der Waals surface area contributed by atoms with Gasteiger partial charge in [-0.3, -0.25) is 0 Å². The summed E-state index contributed by atoms with van der Waals surface area (Å²) >= 11 is 0. The number of ether oxygens (including phenoxy) is 2. The molecule has 5 nitrogen and oxygen atoms in total. The Labute approximate surface area is 97.3 Å². The first kappa shape index (κ1) is 10.9. The highest BCUT2D eigenvalue weighted by Crippen LogP contribution is 2.30. The minimum absolute atomic E-state index is 0.130. The molecular formula is C12H9NO4. The van der Waals surface area contributed by atoms with Gasteiger partial charge in [0.15, 0.2) is 11.5 Å². The number of para-hydroxylation sites is 2. The highest BCUT2D eigenvalue weighted by atomic mass is 16.7. The fourth-order valence-corrected chi connectivity index (χ4v) is 1.23. The van der Waals surface area contributed by atoms with Gasteiger partial charge in [-0.15, -0.1) is 0 Å². The van der Waals surface area contributed by atoms with E-state index in [2.05, 4.69) is 9.72 Å². The normalized spacial score (nSPS) is 9.65. The molecule has 0 aliphatic carbocycles. The van der Waals surface area contributed by atoms with Crippen LogP contribution in [0.1, 0.15) is 0 Å². The van der Waals surface area contributed by atoms with E-state index in [0.29, 0.717) is 11.6 Å². The van der Waals surface area contributed by atoms with E-state index in [0.717, 1.165) is 0 Å². The number of rotatable bonds is 3. The Bertz CT molecular complexity index is 513. The maximum atomic E-state index is 10.5. The van der Waals surface area contributed by atoms with Crippen molar-refractivity contribution in [2.75, 3.05) is 0 Å². The van der Waals surface area contributed by atoms with Crippen LogP contribution in [-0.4, -0.2) is 16.2 Å². The Morgan fingerprint density at radius 3 is 2.41 bits per heavy atom. The van der Waals surface area contributed by atoms with Crippen LogP contribution < -0.4 is 9.47 Å². The lowest BCUT2D eigenvalue weighted by Gasteiger charge is -2.08. The lowest BCUT2D eigenvalue weighted by Crippen LogP contribution is -2.04. The average Bonchev–Trinajstić information content (AvgIpc) is 2.32. The molecule has 0 bridgehead atoms. The number of pyridine rings is 1. The van der Waals surface area contributed by atoms with E-state index >= 15 is 0 Å². The minimum Gasteiger partial charge on any atom is -0.449 e. The Morgan fingerprint density at radius 2 is 1.76 bits per heavy atom. The summed E-state index contributed by atoms with van der Waals surface area (Å²) in [5.74, 6) is 0.799. The third-order valence-corrected chi connectivity index (χ3v) is 1.90. The van der Waals surface area contributed by atoms with Gasteiger partial charge >= 0.3 is 6.16 Å². The Hall–Kier alpha value is -2.56. The van der Waals surface area contributed by atoms with E-state index in [1.54, 1.807) is 42.6 Å². The molecule has 0 atom stereocenters. The first-order valence-corrected chi connectivity index (χ1v) is 4.84. The van der Waals surface area contributed by atoms with Gasteiger partial charge in [0.25, 0.3) is 0 Å². The summed E-state index contributed by atoms with van der Waals surface area (Å²) in [7, 11) is 0. The average molecular weight is 231 g/mol. The second kappa shape index (κ2) is 4.98. The lowest BCUT2D eigenvalue weighted by molar-refractivity contribution is 0.143. The van der Waals surface area contributed by atoms with E-state index < -0.39 is 6.16 Å². The standard InChI is InChI=1S/C12H9NO4/c14-12(15)17-10-6-2-1-5-9(10)16-11-7-3-4-8-13-11/h1-8H,(H,14,15).